The van der Waals surface area contributed by atoms with E-state index in [0.29, 0.717) is 39.0 Å². The summed E-state index contributed by atoms with van der Waals surface area (Å²) >= 11 is 7.16. The highest BCUT2D eigenvalue weighted by molar-refractivity contribution is 7.98. The maximum Gasteiger partial charge on any atom is 0.277 e. The summed E-state index contributed by atoms with van der Waals surface area (Å²) in [6, 6.07) is 12.3. The van der Waals surface area contributed by atoms with E-state index in [9.17, 15) is 4.79 Å². The molecule has 0 atom stereocenters. The van der Waals surface area contributed by atoms with Crippen molar-refractivity contribution >= 4 is 29.0 Å². The summed E-state index contributed by atoms with van der Waals surface area (Å²) in [5, 5.41) is 8.99. The highest BCUT2D eigenvalue weighted by atomic mass is 35.5. The molecule has 142 valence electrons. The first-order valence-electron chi connectivity index (χ1n) is 8.40. The Morgan fingerprint density at radius 2 is 2.04 bits per heavy atom. The van der Waals surface area contributed by atoms with E-state index in [1.54, 1.807) is 30.5 Å². The van der Waals surface area contributed by atoms with E-state index in [2.05, 4.69) is 15.2 Å². The van der Waals surface area contributed by atoms with E-state index >= 15 is 0 Å². The fourth-order valence-corrected chi connectivity index (χ4v) is 3.35. The summed E-state index contributed by atoms with van der Waals surface area (Å²) in [7, 11) is 0. The van der Waals surface area contributed by atoms with Crippen LogP contribution in [0.4, 0.5) is 0 Å². The first-order chi connectivity index (χ1) is 13.6. The van der Waals surface area contributed by atoms with Gasteiger partial charge in [-0.05, 0) is 42.8 Å². The van der Waals surface area contributed by atoms with Gasteiger partial charge in [0.1, 0.15) is 11.4 Å². The second kappa shape index (κ2) is 8.04. The number of pyridine rings is 1. The predicted molar refractivity (Wildman–Crippen MR) is 106 cm³/mol. The van der Waals surface area contributed by atoms with Crippen molar-refractivity contribution in [3.63, 3.8) is 0 Å². The van der Waals surface area contributed by atoms with Crippen LogP contribution in [-0.2, 0) is 12.4 Å². The van der Waals surface area contributed by atoms with E-state index in [-0.39, 0.29) is 12.2 Å². The van der Waals surface area contributed by atoms with E-state index < -0.39 is 0 Å². The van der Waals surface area contributed by atoms with Crippen LogP contribution in [0.5, 0.6) is 5.75 Å². The summed E-state index contributed by atoms with van der Waals surface area (Å²) in [5.41, 5.74) is 2.12. The Kier molecular flexibility index (Phi) is 5.31. The Morgan fingerprint density at radius 1 is 1.21 bits per heavy atom. The van der Waals surface area contributed by atoms with E-state index in [4.69, 9.17) is 20.8 Å². The van der Waals surface area contributed by atoms with Gasteiger partial charge in [-0.15, -0.1) is 10.2 Å². The number of halogens is 1. The number of benzene rings is 1. The number of rotatable bonds is 6. The summed E-state index contributed by atoms with van der Waals surface area (Å²) in [5.74, 6) is 1.47. The number of fused-ring (bicyclic) bond motifs is 1. The van der Waals surface area contributed by atoms with Crippen LogP contribution < -0.4 is 10.3 Å². The molecule has 0 unspecified atom stereocenters. The Labute approximate surface area is 169 Å². The van der Waals surface area contributed by atoms with Crippen LogP contribution in [0.15, 0.2) is 63.1 Å². The van der Waals surface area contributed by atoms with Crippen LogP contribution in [0.1, 0.15) is 17.1 Å². The molecule has 0 N–H and O–H groups in total. The Bertz CT molecular complexity index is 1170. The molecule has 9 heteroatoms. The van der Waals surface area contributed by atoms with E-state index in [1.807, 2.05) is 19.1 Å². The number of hydrogen-bond acceptors (Lipinski definition) is 7. The second-order valence-electron chi connectivity index (χ2n) is 5.96. The molecular formula is C19H15ClN4O3S. The highest BCUT2D eigenvalue weighted by Crippen LogP contribution is 2.22. The second-order valence-corrected chi connectivity index (χ2v) is 7.33. The summed E-state index contributed by atoms with van der Waals surface area (Å²) in [6.45, 7) is 2.08. The van der Waals surface area contributed by atoms with Gasteiger partial charge in [0.15, 0.2) is 6.61 Å². The molecule has 3 aromatic heterocycles. The molecule has 0 aliphatic rings. The zero-order chi connectivity index (χ0) is 19.5. The first-order valence-corrected chi connectivity index (χ1v) is 9.76. The third kappa shape index (κ3) is 4.18. The fraction of sp³-hybridized carbons (Fsp3) is 0.158. The minimum Gasteiger partial charge on any atom is -0.484 e. The Hall–Kier alpha value is -2.84. The van der Waals surface area contributed by atoms with Gasteiger partial charge in [0.2, 0.25) is 0 Å². The van der Waals surface area contributed by atoms with Gasteiger partial charge in [0.05, 0.1) is 5.69 Å². The van der Waals surface area contributed by atoms with E-state index in [1.165, 1.54) is 22.2 Å². The molecule has 0 radical (unpaired) electrons. The lowest BCUT2D eigenvalue weighted by Crippen LogP contribution is -2.15. The average Bonchev–Trinajstić information content (AvgIpc) is 3.15. The third-order valence-corrected chi connectivity index (χ3v) is 5.01. The zero-order valence-electron chi connectivity index (χ0n) is 14.8. The molecule has 3 heterocycles. The van der Waals surface area contributed by atoms with Crippen LogP contribution >= 0.6 is 23.4 Å². The average molecular weight is 415 g/mol. The molecule has 7 nitrogen and oxygen atoms in total. The van der Waals surface area contributed by atoms with Gasteiger partial charge in [-0.1, -0.05) is 29.4 Å². The van der Waals surface area contributed by atoms with Gasteiger partial charge in [-0.25, -0.2) is 4.98 Å². The molecule has 0 fully saturated rings. The van der Waals surface area contributed by atoms with Crippen LogP contribution in [0.2, 0.25) is 5.02 Å². The van der Waals surface area contributed by atoms with Crippen molar-refractivity contribution in [1.82, 2.24) is 19.6 Å². The summed E-state index contributed by atoms with van der Waals surface area (Å²) in [6.07, 6.45) is 1.71. The molecule has 4 aromatic rings. The Balaban J connectivity index is 1.40. The molecule has 0 amide bonds. The van der Waals surface area contributed by atoms with Crippen molar-refractivity contribution in [3.8, 4) is 5.75 Å². The smallest absolute Gasteiger partial charge is 0.277 e. The van der Waals surface area contributed by atoms with Crippen molar-refractivity contribution in [2.24, 2.45) is 0 Å². The van der Waals surface area contributed by atoms with Gasteiger partial charge >= 0.3 is 0 Å². The number of nitrogens with zero attached hydrogens (tertiary/aromatic N) is 4. The van der Waals surface area contributed by atoms with Crippen molar-refractivity contribution in [1.29, 1.82) is 0 Å². The quantitative estimate of drug-likeness (QED) is 0.442. The monoisotopic (exact) mass is 414 g/mol. The van der Waals surface area contributed by atoms with Crippen molar-refractivity contribution in [2.75, 3.05) is 0 Å². The first kappa shape index (κ1) is 18.5. The van der Waals surface area contributed by atoms with Gasteiger partial charge in [-0.2, -0.15) is 0 Å². The van der Waals surface area contributed by atoms with Gasteiger partial charge in [0, 0.05) is 23.0 Å². The lowest BCUT2D eigenvalue weighted by atomic mass is 10.3. The Morgan fingerprint density at radius 3 is 2.86 bits per heavy atom. The van der Waals surface area contributed by atoms with Gasteiger partial charge in [0.25, 0.3) is 16.7 Å². The van der Waals surface area contributed by atoms with Gasteiger partial charge in [-0.3, -0.25) is 9.20 Å². The number of thioether (sulfide) groups is 1. The summed E-state index contributed by atoms with van der Waals surface area (Å²) in [4.78, 5) is 16.8. The molecule has 0 saturated carbocycles. The minimum absolute atomic E-state index is 0.119. The van der Waals surface area contributed by atoms with Crippen LogP contribution in [0.3, 0.4) is 0 Å². The largest absolute Gasteiger partial charge is 0.484 e. The summed E-state index contributed by atoms with van der Waals surface area (Å²) < 4.78 is 12.7. The van der Waals surface area contributed by atoms with Crippen LogP contribution in [-0.4, -0.2) is 19.6 Å². The maximum absolute atomic E-state index is 12.2. The molecule has 0 spiro atoms. The van der Waals surface area contributed by atoms with Crippen LogP contribution in [0.25, 0.3) is 5.65 Å². The van der Waals surface area contributed by atoms with Crippen molar-refractivity contribution < 1.29 is 9.15 Å². The normalized spacial score (nSPS) is 11.1. The molecule has 0 aliphatic carbocycles. The highest BCUT2D eigenvalue weighted by Gasteiger charge is 2.10. The van der Waals surface area contributed by atoms with Crippen LogP contribution in [0, 0.1) is 6.92 Å². The molecular weight excluding hydrogens is 400 g/mol. The molecule has 1 aromatic carbocycles. The molecule has 4 rings (SSSR count). The number of aromatic nitrogens is 4. The lowest BCUT2D eigenvalue weighted by Gasteiger charge is -2.05. The fourth-order valence-electron chi connectivity index (χ4n) is 2.55. The molecule has 28 heavy (non-hydrogen) atoms. The van der Waals surface area contributed by atoms with Gasteiger partial charge < -0.3 is 9.15 Å². The zero-order valence-corrected chi connectivity index (χ0v) is 16.4. The topological polar surface area (TPSA) is 82.5 Å². The SMILES string of the molecule is Cc1cccn2c(=O)cc(CSc3nnc(COc4ccc(Cl)cc4)o3)nc12. The van der Waals surface area contributed by atoms with Crippen molar-refractivity contribution in [2.45, 2.75) is 24.5 Å². The number of ether oxygens (including phenoxy) is 1. The molecule has 0 aliphatic heterocycles. The maximum atomic E-state index is 12.2. The molecule has 0 saturated heterocycles. The standard InChI is InChI=1S/C19H15ClN4O3S/c1-12-3-2-8-24-17(25)9-14(21-18(12)24)11-28-19-23-22-16(27-19)10-26-15-6-4-13(20)5-7-15/h2-9H,10-11H2,1H3. The number of hydrogen-bond donors (Lipinski definition) is 0. The lowest BCUT2D eigenvalue weighted by molar-refractivity contribution is 0.252. The third-order valence-electron chi connectivity index (χ3n) is 3.91. The minimum atomic E-state index is -0.119. The number of aryl methyl sites for hydroxylation is 1. The predicted octanol–water partition coefficient (Wildman–Crippen LogP) is 3.91. The molecule has 0 bridgehead atoms. The van der Waals surface area contributed by atoms with Crippen molar-refractivity contribution in [3.05, 3.63) is 81.2 Å². The van der Waals surface area contributed by atoms with E-state index in [0.717, 1.165) is 5.56 Å².